The first kappa shape index (κ1) is 20.5. The predicted molar refractivity (Wildman–Crippen MR) is 113 cm³/mol. The average Bonchev–Trinajstić information content (AvgIpc) is 2.73. The van der Waals surface area contributed by atoms with Gasteiger partial charge in [0.05, 0.1) is 13.2 Å². The maximum Gasteiger partial charge on any atom is 0.251 e. The number of rotatable bonds is 7. The maximum atomic E-state index is 12.7. The number of carbonyl (C=O) groups excluding carboxylic acids is 1. The maximum absolute atomic E-state index is 12.7. The second-order valence-corrected chi connectivity index (χ2v) is 8.02. The summed E-state index contributed by atoms with van der Waals surface area (Å²) in [5.74, 6) is -0.0305. The lowest BCUT2D eigenvalue weighted by atomic mass is 9.98. The zero-order valence-corrected chi connectivity index (χ0v) is 16.9. The van der Waals surface area contributed by atoms with Crippen molar-refractivity contribution in [3.05, 3.63) is 59.7 Å². The van der Waals surface area contributed by atoms with Gasteiger partial charge in [-0.3, -0.25) is 9.69 Å². The van der Waals surface area contributed by atoms with E-state index in [2.05, 4.69) is 36.2 Å². The first-order valence-electron chi connectivity index (χ1n) is 9.99. The Bertz CT molecular complexity index is 763. The summed E-state index contributed by atoms with van der Waals surface area (Å²) < 4.78 is 5.39. The van der Waals surface area contributed by atoms with Gasteiger partial charge in [-0.1, -0.05) is 36.4 Å². The van der Waals surface area contributed by atoms with E-state index in [1.54, 1.807) is 0 Å². The number of nitrogens with zero attached hydrogens (tertiary/aromatic N) is 1. The van der Waals surface area contributed by atoms with Crippen LogP contribution in [0.1, 0.15) is 36.2 Å². The highest BCUT2D eigenvalue weighted by atomic mass is 16.5. The van der Waals surface area contributed by atoms with E-state index in [1.165, 1.54) is 0 Å². The van der Waals surface area contributed by atoms with Gasteiger partial charge in [0.1, 0.15) is 0 Å². The van der Waals surface area contributed by atoms with Gasteiger partial charge in [-0.25, -0.2) is 0 Å². The minimum absolute atomic E-state index is 0.0305. The molecule has 5 heteroatoms. The fourth-order valence-electron chi connectivity index (χ4n) is 3.35. The summed E-state index contributed by atoms with van der Waals surface area (Å²) in [4.78, 5) is 15.1. The molecule has 1 aliphatic rings. The van der Waals surface area contributed by atoms with E-state index < -0.39 is 0 Å². The Kier molecular flexibility index (Phi) is 6.83. The van der Waals surface area contributed by atoms with Gasteiger partial charge in [-0.05, 0) is 49.1 Å². The van der Waals surface area contributed by atoms with Crippen molar-refractivity contribution in [3.63, 3.8) is 0 Å². The Morgan fingerprint density at radius 1 is 1.04 bits per heavy atom. The summed E-state index contributed by atoms with van der Waals surface area (Å²) in [6.07, 6.45) is 0.907. The topological polar surface area (TPSA) is 67.6 Å². The van der Waals surface area contributed by atoms with Gasteiger partial charge >= 0.3 is 0 Å². The lowest BCUT2D eigenvalue weighted by molar-refractivity contribution is 0.0341. The quantitative estimate of drug-likeness (QED) is 0.774. The number of morpholine rings is 1. The number of nitrogens with two attached hydrogens (primary N) is 1. The van der Waals surface area contributed by atoms with Crippen molar-refractivity contribution in [1.82, 2.24) is 10.2 Å². The Balaban J connectivity index is 1.57. The van der Waals surface area contributed by atoms with E-state index >= 15 is 0 Å². The van der Waals surface area contributed by atoms with Crippen LogP contribution in [0.4, 0.5) is 0 Å². The summed E-state index contributed by atoms with van der Waals surface area (Å²) in [5.41, 5.74) is 9.40. The lowest BCUT2D eigenvalue weighted by Gasteiger charge is -2.32. The molecule has 1 amide bonds. The van der Waals surface area contributed by atoms with Crippen LogP contribution in [0.5, 0.6) is 0 Å². The van der Waals surface area contributed by atoms with Gasteiger partial charge < -0.3 is 15.8 Å². The normalized spacial score (nSPS) is 15.4. The molecule has 0 bridgehead atoms. The molecule has 3 N–H and O–H groups in total. The molecule has 2 aromatic rings. The van der Waals surface area contributed by atoms with Crippen molar-refractivity contribution < 1.29 is 9.53 Å². The van der Waals surface area contributed by atoms with Crippen LogP contribution < -0.4 is 11.1 Å². The molecule has 0 aliphatic carbocycles. The third-order valence-electron chi connectivity index (χ3n) is 5.28. The summed E-state index contributed by atoms with van der Waals surface area (Å²) >= 11 is 0. The second-order valence-electron chi connectivity index (χ2n) is 8.02. The van der Waals surface area contributed by atoms with Gasteiger partial charge in [-0.15, -0.1) is 0 Å². The summed E-state index contributed by atoms with van der Waals surface area (Å²) in [6, 6.07) is 16.0. The standard InChI is InChI=1S/C23H31N3O2/c1-23(2,11-12-26-13-15-28-16-14-26)25-22(27)21-9-7-20(8-10-21)19-5-3-18(17-24)4-6-19/h3-10H,11-17,24H2,1-2H3,(H,25,27). The molecule has 0 spiro atoms. The SMILES string of the molecule is CC(C)(CCN1CCOCC1)NC(=O)c1ccc(-c2ccc(CN)cc2)cc1. The van der Waals surface area contributed by atoms with Crippen LogP contribution in [0.15, 0.2) is 48.5 Å². The fourth-order valence-corrected chi connectivity index (χ4v) is 3.35. The van der Waals surface area contributed by atoms with E-state index in [4.69, 9.17) is 10.5 Å². The van der Waals surface area contributed by atoms with Crippen LogP contribution in [-0.4, -0.2) is 49.2 Å². The molecular formula is C23H31N3O2. The molecule has 1 fully saturated rings. The van der Waals surface area contributed by atoms with Crippen LogP contribution in [0.2, 0.25) is 0 Å². The first-order valence-corrected chi connectivity index (χ1v) is 9.99. The van der Waals surface area contributed by atoms with E-state index in [9.17, 15) is 4.79 Å². The first-order chi connectivity index (χ1) is 13.5. The zero-order chi connectivity index (χ0) is 20.0. The highest BCUT2D eigenvalue weighted by molar-refractivity contribution is 5.95. The van der Waals surface area contributed by atoms with Crippen molar-refractivity contribution in [2.75, 3.05) is 32.8 Å². The number of nitrogens with one attached hydrogen (secondary N) is 1. The van der Waals surface area contributed by atoms with Crippen LogP contribution in [0.25, 0.3) is 11.1 Å². The lowest BCUT2D eigenvalue weighted by Crippen LogP contribution is -2.47. The smallest absolute Gasteiger partial charge is 0.251 e. The third-order valence-corrected chi connectivity index (χ3v) is 5.28. The van der Waals surface area contributed by atoms with Crippen molar-refractivity contribution in [2.45, 2.75) is 32.4 Å². The molecule has 0 aromatic heterocycles. The molecule has 0 saturated carbocycles. The molecule has 0 radical (unpaired) electrons. The van der Waals surface area contributed by atoms with Gasteiger partial charge in [0.15, 0.2) is 0 Å². The minimum Gasteiger partial charge on any atom is -0.379 e. The van der Waals surface area contributed by atoms with Crippen LogP contribution in [0.3, 0.4) is 0 Å². The monoisotopic (exact) mass is 381 g/mol. The number of hydrogen-bond donors (Lipinski definition) is 2. The number of carbonyl (C=O) groups is 1. The molecule has 150 valence electrons. The van der Waals surface area contributed by atoms with Crippen molar-refractivity contribution in [2.24, 2.45) is 5.73 Å². The highest BCUT2D eigenvalue weighted by Crippen LogP contribution is 2.21. The molecule has 1 heterocycles. The van der Waals surface area contributed by atoms with Crippen LogP contribution in [0, 0.1) is 0 Å². The van der Waals surface area contributed by atoms with Gasteiger partial charge in [-0.2, -0.15) is 0 Å². The van der Waals surface area contributed by atoms with E-state index in [-0.39, 0.29) is 11.4 Å². The number of hydrogen-bond acceptors (Lipinski definition) is 4. The van der Waals surface area contributed by atoms with Crippen molar-refractivity contribution in [1.29, 1.82) is 0 Å². The Hall–Kier alpha value is -2.21. The Morgan fingerprint density at radius 3 is 2.18 bits per heavy atom. The van der Waals surface area contributed by atoms with Gasteiger partial charge in [0.2, 0.25) is 0 Å². The third kappa shape index (κ3) is 5.64. The number of ether oxygens (including phenoxy) is 1. The largest absolute Gasteiger partial charge is 0.379 e. The summed E-state index contributed by atoms with van der Waals surface area (Å²) in [7, 11) is 0. The minimum atomic E-state index is -0.258. The second kappa shape index (κ2) is 9.32. The highest BCUT2D eigenvalue weighted by Gasteiger charge is 2.23. The van der Waals surface area contributed by atoms with Gasteiger partial charge in [0.25, 0.3) is 5.91 Å². The molecule has 1 saturated heterocycles. The zero-order valence-electron chi connectivity index (χ0n) is 16.9. The van der Waals surface area contributed by atoms with Crippen molar-refractivity contribution in [3.8, 4) is 11.1 Å². The predicted octanol–water partition coefficient (Wildman–Crippen LogP) is 3.04. The van der Waals surface area contributed by atoms with Gasteiger partial charge in [0, 0.05) is 37.3 Å². The molecule has 28 heavy (non-hydrogen) atoms. The summed E-state index contributed by atoms with van der Waals surface area (Å²) in [5, 5.41) is 3.18. The molecule has 0 unspecified atom stereocenters. The van der Waals surface area contributed by atoms with Crippen molar-refractivity contribution >= 4 is 5.91 Å². The summed E-state index contributed by atoms with van der Waals surface area (Å²) in [6.45, 7) is 9.21. The molecule has 3 rings (SSSR count). The number of benzene rings is 2. The molecule has 2 aromatic carbocycles. The Labute approximate surface area is 167 Å². The molecular weight excluding hydrogens is 350 g/mol. The molecule has 1 aliphatic heterocycles. The Morgan fingerprint density at radius 2 is 1.61 bits per heavy atom. The molecule has 5 nitrogen and oxygen atoms in total. The number of amides is 1. The van der Waals surface area contributed by atoms with E-state index in [1.807, 2.05) is 36.4 Å². The van der Waals surface area contributed by atoms with E-state index in [0.717, 1.165) is 56.0 Å². The van der Waals surface area contributed by atoms with Crippen LogP contribution in [-0.2, 0) is 11.3 Å². The van der Waals surface area contributed by atoms with E-state index in [0.29, 0.717) is 12.1 Å². The fraction of sp³-hybridized carbons (Fsp3) is 0.435. The van der Waals surface area contributed by atoms with Crippen LogP contribution >= 0.6 is 0 Å². The average molecular weight is 382 g/mol. The molecule has 0 atom stereocenters.